The number of likely N-dealkylation sites (tertiary alicyclic amines) is 1. The molecule has 140 valence electrons. The third kappa shape index (κ3) is 3.25. The number of piperidine rings is 1. The van der Waals surface area contributed by atoms with Crippen molar-refractivity contribution in [3.63, 3.8) is 0 Å². The maximum absolute atomic E-state index is 13.1. The van der Waals surface area contributed by atoms with Crippen LogP contribution in [0.1, 0.15) is 40.4 Å². The van der Waals surface area contributed by atoms with Gasteiger partial charge in [0.2, 0.25) is 0 Å². The molecule has 3 aromatic rings. The average molecular weight is 385 g/mol. The number of aryl methyl sites for hydroxylation is 2. The number of halogens is 1. The lowest BCUT2D eigenvalue weighted by atomic mass is 9.89. The largest absolute Gasteiger partial charge is 0.339 e. The first-order valence-electron chi connectivity index (χ1n) is 9.05. The van der Waals surface area contributed by atoms with E-state index in [0.717, 1.165) is 23.6 Å². The molecule has 27 heavy (non-hydrogen) atoms. The second kappa shape index (κ2) is 6.85. The van der Waals surface area contributed by atoms with Crippen LogP contribution in [-0.2, 0) is 7.05 Å². The number of H-pyrrole nitrogens is 1. The van der Waals surface area contributed by atoms with Gasteiger partial charge in [-0.05, 0) is 49.4 Å². The Morgan fingerprint density at radius 1 is 1.22 bits per heavy atom. The molecule has 0 aliphatic carbocycles. The van der Waals surface area contributed by atoms with Gasteiger partial charge in [-0.15, -0.1) is 0 Å². The van der Waals surface area contributed by atoms with Gasteiger partial charge in [-0.25, -0.2) is 4.98 Å². The molecule has 1 fully saturated rings. The number of hydrogen-bond donors (Lipinski definition) is 1. The molecule has 1 amide bonds. The smallest absolute Gasteiger partial charge is 0.274 e. The molecular formula is C20H21ClN4O2. The Balaban J connectivity index is 1.57. The second-order valence-electron chi connectivity index (χ2n) is 7.13. The predicted octanol–water partition coefficient (Wildman–Crippen LogP) is 3.24. The van der Waals surface area contributed by atoms with E-state index in [9.17, 15) is 9.59 Å². The number of amides is 1. The fourth-order valence-corrected chi connectivity index (χ4v) is 4.00. The number of pyridine rings is 1. The summed E-state index contributed by atoms with van der Waals surface area (Å²) in [7, 11) is 1.72. The van der Waals surface area contributed by atoms with E-state index in [1.165, 1.54) is 5.56 Å². The van der Waals surface area contributed by atoms with E-state index in [4.69, 9.17) is 11.6 Å². The Kier molecular flexibility index (Phi) is 4.52. The van der Waals surface area contributed by atoms with E-state index in [1.54, 1.807) is 17.8 Å². The van der Waals surface area contributed by atoms with E-state index in [-0.39, 0.29) is 11.5 Å². The predicted molar refractivity (Wildman–Crippen MR) is 105 cm³/mol. The van der Waals surface area contributed by atoms with Crippen molar-refractivity contribution in [2.24, 2.45) is 7.05 Å². The highest BCUT2D eigenvalue weighted by molar-refractivity contribution is 6.30. The van der Waals surface area contributed by atoms with Crippen molar-refractivity contribution >= 4 is 28.5 Å². The van der Waals surface area contributed by atoms with Crippen LogP contribution in [0.3, 0.4) is 0 Å². The minimum atomic E-state index is -0.278. The minimum absolute atomic E-state index is 0.100. The number of carbonyl (C=O) groups excluding carboxylic acids is 1. The number of aromatic nitrogens is 3. The summed E-state index contributed by atoms with van der Waals surface area (Å²) in [5.74, 6) is 0.322. The van der Waals surface area contributed by atoms with Crippen LogP contribution in [0.4, 0.5) is 0 Å². The summed E-state index contributed by atoms with van der Waals surface area (Å²) in [6.45, 7) is 3.17. The molecule has 7 heteroatoms. The molecule has 0 saturated carbocycles. The number of nitrogens with zero attached hydrogens (tertiary/aromatic N) is 3. The number of rotatable bonds is 2. The van der Waals surface area contributed by atoms with Crippen molar-refractivity contribution in [1.82, 2.24) is 19.7 Å². The van der Waals surface area contributed by atoms with Gasteiger partial charge in [0.05, 0.1) is 10.9 Å². The molecule has 0 bridgehead atoms. The molecule has 4 rings (SSSR count). The van der Waals surface area contributed by atoms with Crippen LogP contribution in [0.15, 0.2) is 35.1 Å². The molecule has 0 atom stereocenters. The van der Waals surface area contributed by atoms with Gasteiger partial charge < -0.3 is 4.90 Å². The molecule has 1 N–H and O–H groups in total. The number of fused-ring (bicyclic) bond motifs is 1. The number of hydrogen-bond acceptors (Lipinski definition) is 3. The van der Waals surface area contributed by atoms with Crippen molar-refractivity contribution in [1.29, 1.82) is 0 Å². The van der Waals surface area contributed by atoms with Crippen molar-refractivity contribution < 1.29 is 4.79 Å². The molecular weight excluding hydrogens is 364 g/mol. The van der Waals surface area contributed by atoms with Crippen molar-refractivity contribution in [2.45, 2.75) is 25.7 Å². The molecule has 1 aliphatic heterocycles. The van der Waals surface area contributed by atoms with E-state index in [2.05, 4.69) is 22.2 Å². The van der Waals surface area contributed by atoms with Crippen LogP contribution in [0, 0.1) is 6.92 Å². The summed E-state index contributed by atoms with van der Waals surface area (Å²) in [6, 6.07) is 9.65. The maximum atomic E-state index is 13.1. The molecule has 6 nitrogen and oxygen atoms in total. The van der Waals surface area contributed by atoms with Gasteiger partial charge in [0.15, 0.2) is 5.65 Å². The Bertz CT molecular complexity index is 1060. The van der Waals surface area contributed by atoms with Gasteiger partial charge in [-0.3, -0.25) is 19.4 Å². The molecule has 1 aliphatic rings. The Morgan fingerprint density at radius 3 is 2.56 bits per heavy atom. The lowest BCUT2D eigenvalue weighted by Crippen LogP contribution is -2.38. The molecule has 0 unspecified atom stereocenters. The van der Waals surface area contributed by atoms with E-state index < -0.39 is 0 Å². The van der Waals surface area contributed by atoms with E-state index >= 15 is 0 Å². The van der Waals surface area contributed by atoms with E-state index in [1.807, 2.05) is 24.0 Å². The average Bonchev–Trinajstić information content (AvgIpc) is 2.95. The SMILES string of the molecule is Cc1cc(C(=O)N2CCC(c3ccc(Cl)cc3)CC2)c2c(=O)[nH]n(C)c2n1. The summed E-state index contributed by atoms with van der Waals surface area (Å²) in [4.78, 5) is 31.7. The highest BCUT2D eigenvalue weighted by Gasteiger charge is 2.27. The Hall–Kier alpha value is -2.60. The minimum Gasteiger partial charge on any atom is -0.339 e. The summed E-state index contributed by atoms with van der Waals surface area (Å²) in [5.41, 5.74) is 2.65. The number of benzene rings is 1. The van der Waals surface area contributed by atoms with Gasteiger partial charge in [-0.2, -0.15) is 0 Å². The lowest BCUT2D eigenvalue weighted by molar-refractivity contribution is 0.0715. The first-order chi connectivity index (χ1) is 12.9. The third-order valence-corrected chi connectivity index (χ3v) is 5.55. The normalized spacial score (nSPS) is 15.4. The molecule has 1 saturated heterocycles. The first-order valence-corrected chi connectivity index (χ1v) is 9.43. The number of carbonyl (C=O) groups is 1. The van der Waals surface area contributed by atoms with Gasteiger partial charge in [0.25, 0.3) is 11.5 Å². The Labute approximate surface area is 161 Å². The lowest BCUT2D eigenvalue weighted by Gasteiger charge is -2.32. The highest BCUT2D eigenvalue weighted by Crippen LogP contribution is 2.30. The topological polar surface area (TPSA) is 71.0 Å². The zero-order valence-corrected chi connectivity index (χ0v) is 16.1. The highest BCUT2D eigenvalue weighted by atomic mass is 35.5. The van der Waals surface area contributed by atoms with Crippen molar-refractivity contribution in [3.05, 3.63) is 62.5 Å². The quantitative estimate of drug-likeness (QED) is 0.737. The van der Waals surface area contributed by atoms with Gasteiger partial charge in [0.1, 0.15) is 0 Å². The van der Waals surface area contributed by atoms with Gasteiger partial charge >= 0.3 is 0 Å². The standard InChI is InChI=1S/C20H21ClN4O2/c1-12-11-16(17-18(22-12)24(2)23-19(17)26)20(27)25-9-7-14(8-10-25)13-3-5-15(21)6-4-13/h3-6,11,14H,7-10H2,1-2H3,(H,23,26). The van der Waals surface area contributed by atoms with Crippen LogP contribution in [0.25, 0.3) is 11.0 Å². The third-order valence-electron chi connectivity index (χ3n) is 5.30. The number of nitrogens with one attached hydrogen (secondary N) is 1. The van der Waals surface area contributed by atoms with Crippen LogP contribution >= 0.6 is 11.6 Å². The van der Waals surface area contributed by atoms with Crippen LogP contribution < -0.4 is 5.56 Å². The first kappa shape index (κ1) is 17.8. The monoisotopic (exact) mass is 384 g/mol. The van der Waals surface area contributed by atoms with Crippen LogP contribution in [0.2, 0.25) is 5.02 Å². The summed E-state index contributed by atoms with van der Waals surface area (Å²) in [6.07, 6.45) is 1.79. The fourth-order valence-electron chi connectivity index (χ4n) is 3.87. The van der Waals surface area contributed by atoms with Crippen molar-refractivity contribution in [3.8, 4) is 0 Å². The molecule has 3 heterocycles. The number of aromatic amines is 1. The zero-order chi connectivity index (χ0) is 19.1. The molecule has 0 spiro atoms. The van der Waals surface area contributed by atoms with E-state index in [0.29, 0.717) is 35.6 Å². The Morgan fingerprint density at radius 2 is 1.89 bits per heavy atom. The van der Waals surface area contributed by atoms with Gasteiger partial charge in [-0.1, -0.05) is 23.7 Å². The summed E-state index contributed by atoms with van der Waals surface area (Å²) in [5, 5.41) is 3.79. The maximum Gasteiger partial charge on any atom is 0.274 e. The summed E-state index contributed by atoms with van der Waals surface area (Å²) < 4.78 is 1.56. The molecule has 2 aromatic heterocycles. The molecule has 0 radical (unpaired) electrons. The fraction of sp³-hybridized carbons (Fsp3) is 0.350. The summed E-state index contributed by atoms with van der Waals surface area (Å²) >= 11 is 5.97. The van der Waals surface area contributed by atoms with Crippen LogP contribution in [0.5, 0.6) is 0 Å². The second-order valence-corrected chi connectivity index (χ2v) is 7.56. The van der Waals surface area contributed by atoms with Crippen LogP contribution in [-0.4, -0.2) is 38.7 Å². The van der Waals surface area contributed by atoms with Crippen molar-refractivity contribution in [2.75, 3.05) is 13.1 Å². The molecule has 1 aromatic carbocycles. The van der Waals surface area contributed by atoms with Gasteiger partial charge in [0, 0.05) is 30.9 Å². The zero-order valence-electron chi connectivity index (χ0n) is 15.3.